The maximum Gasteiger partial charge on any atom is 0.215 e. The Morgan fingerprint density at radius 3 is 1.14 bits per heavy atom. The molecule has 0 aromatic heterocycles. The Balaban J connectivity index is 0.000000461. The average Bonchev–Trinajstić information content (AvgIpc) is 2.34. The Kier molecular flexibility index (Phi) is 4.88. The summed E-state index contributed by atoms with van der Waals surface area (Å²) in [6.07, 6.45) is 0. The average molecular weight is 202 g/mol. The van der Waals surface area contributed by atoms with Crippen LogP contribution in [0.2, 0.25) is 0 Å². The Hall–Kier alpha value is -1.21. The Morgan fingerprint density at radius 1 is 0.571 bits per heavy atom. The van der Waals surface area contributed by atoms with Crippen LogP contribution in [0, 0.1) is 0 Å². The largest absolute Gasteiger partial charge is 0.215 e. The van der Waals surface area contributed by atoms with E-state index in [9.17, 15) is 0 Å². The van der Waals surface area contributed by atoms with Gasteiger partial charge in [0.25, 0.3) is 0 Å². The van der Waals surface area contributed by atoms with E-state index < -0.39 is 0 Å². The summed E-state index contributed by atoms with van der Waals surface area (Å²) in [7, 11) is 1.47. The third-order valence-corrected chi connectivity index (χ3v) is 1.88. The molecule has 0 aliphatic rings. The second-order valence-corrected chi connectivity index (χ2v) is 2.73. The second-order valence-electron chi connectivity index (χ2n) is 2.73. The molecule has 14 heavy (non-hydrogen) atoms. The topological polar surface area (TPSA) is 0 Å². The maximum absolute atomic E-state index is 4.64. The van der Waals surface area contributed by atoms with Crippen LogP contribution in [0.1, 0.15) is 0 Å². The SMILES string of the molecule is BCl.c1ccc(-c2ccccc2)cc1. The van der Waals surface area contributed by atoms with Crippen molar-refractivity contribution in [2.45, 2.75) is 0 Å². The predicted molar refractivity (Wildman–Crippen MR) is 66.3 cm³/mol. The summed E-state index contributed by atoms with van der Waals surface area (Å²) in [4.78, 5) is 0. The summed E-state index contributed by atoms with van der Waals surface area (Å²) in [5, 5.41) is 0. The number of halogens is 1. The van der Waals surface area contributed by atoms with E-state index in [1.165, 1.54) is 18.4 Å². The van der Waals surface area contributed by atoms with Crippen LogP contribution in [0.3, 0.4) is 0 Å². The zero-order chi connectivity index (χ0) is 10.2. The van der Waals surface area contributed by atoms with E-state index in [4.69, 9.17) is 0 Å². The Bertz CT molecular complexity index is 308. The number of hydrogen-bond donors (Lipinski definition) is 0. The van der Waals surface area contributed by atoms with Crippen LogP contribution in [0.5, 0.6) is 0 Å². The minimum atomic E-state index is 1.28. The molecule has 2 aromatic carbocycles. The predicted octanol–water partition coefficient (Wildman–Crippen LogP) is 3.13. The van der Waals surface area contributed by atoms with Gasteiger partial charge in [-0.15, -0.1) is 0 Å². The van der Waals surface area contributed by atoms with Crippen LogP contribution in [0.4, 0.5) is 0 Å². The van der Waals surface area contributed by atoms with Crippen molar-refractivity contribution >= 4 is 18.7 Å². The van der Waals surface area contributed by atoms with Crippen molar-refractivity contribution in [2.24, 2.45) is 0 Å². The van der Waals surface area contributed by atoms with Gasteiger partial charge < -0.3 is 0 Å². The Labute approximate surface area is 90.9 Å². The van der Waals surface area contributed by atoms with Crippen molar-refractivity contribution in [1.82, 2.24) is 0 Å². The molecule has 0 aliphatic heterocycles. The first-order valence-corrected chi connectivity index (χ1v) is 5.21. The van der Waals surface area contributed by atoms with Crippen molar-refractivity contribution in [3.63, 3.8) is 0 Å². The fraction of sp³-hybridized carbons (Fsp3) is 0. The molecular formula is C12H12BCl. The van der Waals surface area contributed by atoms with E-state index in [0.717, 1.165) is 0 Å². The molecule has 0 aliphatic carbocycles. The molecule has 0 saturated heterocycles. The van der Waals surface area contributed by atoms with Gasteiger partial charge in [0, 0.05) is 0 Å². The van der Waals surface area contributed by atoms with Gasteiger partial charge in [-0.3, -0.25) is 0 Å². The van der Waals surface area contributed by atoms with Gasteiger partial charge >= 0.3 is 0 Å². The van der Waals surface area contributed by atoms with Crippen molar-refractivity contribution in [3.8, 4) is 11.1 Å². The van der Waals surface area contributed by atoms with Gasteiger partial charge in [-0.1, -0.05) is 60.7 Å². The lowest BCUT2D eigenvalue weighted by molar-refractivity contribution is 1.62. The standard InChI is InChI=1S/C12H10.BClH2/c1-3-7-11(8-4-1)12-9-5-2-6-10-12;1-2/h1-10H;1H2. The van der Waals surface area contributed by atoms with Crippen molar-refractivity contribution < 1.29 is 0 Å². The van der Waals surface area contributed by atoms with Crippen LogP contribution in [0.15, 0.2) is 60.7 Å². The quantitative estimate of drug-likeness (QED) is 0.623. The molecule has 0 nitrogen and oxygen atoms in total. The maximum atomic E-state index is 4.64. The molecule has 2 rings (SSSR count). The van der Waals surface area contributed by atoms with E-state index in [0.29, 0.717) is 0 Å². The van der Waals surface area contributed by atoms with Crippen LogP contribution < -0.4 is 0 Å². The molecule has 0 radical (unpaired) electrons. The molecule has 0 N–H and O–H groups in total. The van der Waals surface area contributed by atoms with E-state index in [2.05, 4.69) is 60.0 Å². The summed E-state index contributed by atoms with van der Waals surface area (Å²) in [5.74, 6) is 0. The fourth-order valence-electron chi connectivity index (χ4n) is 1.26. The molecule has 0 fully saturated rings. The van der Waals surface area contributed by atoms with E-state index in [1.807, 2.05) is 12.1 Å². The summed E-state index contributed by atoms with van der Waals surface area (Å²) in [6.45, 7) is 0. The monoisotopic (exact) mass is 202 g/mol. The highest BCUT2D eigenvalue weighted by Gasteiger charge is 1.91. The minimum Gasteiger partial charge on any atom is -0.206 e. The molecule has 2 heteroatoms. The van der Waals surface area contributed by atoms with Crippen LogP contribution in [-0.2, 0) is 0 Å². The molecular weight excluding hydrogens is 190 g/mol. The minimum absolute atomic E-state index is 1.28. The summed E-state index contributed by atoms with van der Waals surface area (Å²) in [5.41, 5.74) is 2.55. The lowest BCUT2D eigenvalue weighted by Crippen LogP contribution is -1.73. The van der Waals surface area contributed by atoms with Gasteiger partial charge in [-0.05, 0) is 11.1 Å². The zero-order valence-electron chi connectivity index (χ0n) is 8.15. The third kappa shape index (κ3) is 2.93. The molecule has 70 valence electrons. The Morgan fingerprint density at radius 2 is 0.857 bits per heavy atom. The van der Waals surface area contributed by atoms with E-state index in [1.54, 1.807) is 0 Å². The van der Waals surface area contributed by atoms with Crippen molar-refractivity contribution in [1.29, 1.82) is 0 Å². The number of rotatable bonds is 1. The molecule has 0 atom stereocenters. The first-order chi connectivity index (χ1) is 6.97. The smallest absolute Gasteiger partial charge is 0.206 e. The summed E-state index contributed by atoms with van der Waals surface area (Å²) < 4.78 is 0. The number of benzene rings is 2. The van der Waals surface area contributed by atoms with Gasteiger partial charge in [0.15, 0.2) is 0 Å². The summed E-state index contributed by atoms with van der Waals surface area (Å²) >= 11 is 4.64. The van der Waals surface area contributed by atoms with Crippen LogP contribution in [-0.4, -0.2) is 7.26 Å². The first kappa shape index (κ1) is 10.9. The first-order valence-electron chi connectivity index (χ1n) is 4.45. The summed E-state index contributed by atoms with van der Waals surface area (Å²) in [6, 6.07) is 20.8. The highest BCUT2D eigenvalue weighted by atomic mass is 35.5. The van der Waals surface area contributed by atoms with E-state index >= 15 is 0 Å². The highest BCUT2D eigenvalue weighted by Crippen LogP contribution is 2.17. The normalized spacial score (nSPS) is 8.64. The molecule has 0 spiro atoms. The van der Waals surface area contributed by atoms with Crippen LogP contribution >= 0.6 is 11.5 Å². The van der Waals surface area contributed by atoms with Crippen molar-refractivity contribution in [2.75, 3.05) is 0 Å². The lowest BCUT2D eigenvalue weighted by Gasteiger charge is -1.98. The lowest BCUT2D eigenvalue weighted by atomic mass is 10.1. The molecule has 0 heterocycles. The number of hydrogen-bond acceptors (Lipinski definition) is 0. The zero-order valence-corrected chi connectivity index (χ0v) is 8.91. The van der Waals surface area contributed by atoms with Gasteiger partial charge in [-0.2, -0.15) is 0 Å². The molecule has 0 saturated carbocycles. The van der Waals surface area contributed by atoms with Gasteiger partial charge in [0.05, 0.1) is 0 Å². The second kappa shape index (κ2) is 6.28. The molecule has 2 aromatic rings. The fourth-order valence-corrected chi connectivity index (χ4v) is 1.26. The molecule has 0 unspecified atom stereocenters. The van der Waals surface area contributed by atoms with Crippen molar-refractivity contribution in [3.05, 3.63) is 60.7 Å². The highest BCUT2D eigenvalue weighted by molar-refractivity contribution is 6.80. The molecule has 0 bridgehead atoms. The van der Waals surface area contributed by atoms with Crippen LogP contribution in [0.25, 0.3) is 11.1 Å². The van der Waals surface area contributed by atoms with E-state index in [-0.39, 0.29) is 0 Å². The van der Waals surface area contributed by atoms with Gasteiger partial charge in [0.2, 0.25) is 7.26 Å². The molecule has 0 amide bonds. The third-order valence-electron chi connectivity index (χ3n) is 1.88. The van der Waals surface area contributed by atoms with Gasteiger partial charge in [0.1, 0.15) is 0 Å². The van der Waals surface area contributed by atoms with Gasteiger partial charge in [-0.25, -0.2) is 11.5 Å².